The summed E-state index contributed by atoms with van der Waals surface area (Å²) >= 11 is 0. The van der Waals surface area contributed by atoms with Crippen molar-refractivity contribution in [2.75, 3.05) is 13.6 Å². The molecular weight excluding hydrogens is 210 g/mol. The molecule has 0 aromatic carbocycles. The Morgan fingerprint density at radius 3 is 3.00 bits per heavy atom. The minimum atomic E-state index is 0.613. The van der Waals surface area contributed by atoms with E-state index in [0.717, 1.165) is 19.5 Å². The van der Waals surface area contributed by atoms with E-state index in [1.165, 1.54) is 17.7 Å². The van der Waals surface area contributed by atoms with Crippen molar-refractivity contribution in [2.45, 2.75) is 45.3 Å². The third-order valence-electron chi connectivity index (χ3n) is 3.81. The average molecular weight is 233 g/mol. The number of nitrogens with one attached hydrogen (secondary N) is 1. The Hall–Kier alpha value is -0.930. The van der Waals surface area contributed by atoms with Gasteiger partial charge in [0.05, 0.1) is 5.69 Å². The lowest BCUT2D eigenvalue weighted by Gasteiger charge is -2.14. The molecule has 1 saturated heterocycles. The molecule has 0 radical (unpaired) electrons. The Bertz CT molecular complexity index is 354. The van der Waals surface area contributed by atoms with Crippen LogP contribution in [0.3, 0.4) is 0 Å². The highest BCUT2D eigenvalue weighted by atomic mass is 15.2. The van der Waals surface area contributed by atoms with Crippen molar-refractivity contribution in [1.82, 2.24) is 15.2 Å². The van der Waals surface area contributed by atoms with E-state index in [1.54, 1.807) is 0 Å². The quantitative estimate of drug-likeness (QED) is 0.860. The van der Waals surface area contributed by atoms with Crippen LogP contribution in [0, 0.1) is 0 Å². The third-order valence-corrected chi connectivity index (χ3v) is 3.81. The third kappa shape index (κ3) is 3.05. The zero-order valence-electron chi connectivity index (χ0n) is 11.1. The van der Waals surface area contributed by atoms with Crippen LogP contribution in [0.1, 0.15) is 31.5 Å². The molecule has 0 amide bonds. The van der Waals surface area contributed by atoms with Crippen LogP contribution in [-0.4, -0.2) is 35.6 Å². The van der Waals surface area contributed by atoms with Crippen molar-refractivity contribution in [1.29, 1.82) is 0 Å². The Morgan fingerprint density at radius 2 is 2.35 bits per heavy atom. The maximum Gasteiger partial charge on any atom is 0.0573 e. The molecule has 0 bridgehead atoms. The number of pyridine rings is 1. The number of hydrogen-bond donors (Lipinski definition) is 1. The number of aryl methyl sites for hydroxylation is 1. The smallest absolute Gasteiger partial charge is 0.0573 e. The van der Waals surface area contributed by atoms with Crippen LogP contribution in [0.25, 0.3) is 0 Å². The second-order valence-electron chi connectivity index (χ2n) is 5.06. The number of nitrogens with zero attached hydrogens (tertiary/aromatic N) is 2. The number of aromatic nitrogens is 1. The van der Waals surface area contributed by atoms with E-state index in [4.69, 9.17) is 0 Å². The summed E-state index contributed by atoms with van der Waals surface area (Å²) in [6.07, 6.45) is 4.19. The van der Waals surface area contributed by atoms with Crippen LogP contribution in [-0.2, 0) is 13.0 Å². The number of likely N-dealkylation sites (tertiary alicyclic amines) is 1. The highest BCUT2D eigenvalue weighted by Crippen LogP contribution is 2.15. The predicted molar refractivity (Wildman–Crippen MR) is 71.0 cm³/mol. The minimum Gasteiger partial charge on any atom is -0.307 e. The molecule has 17 heavy (non-hydrogen) atoms. The molecule has 2 atom stereocenters. The first-order valence-corrected chi connectivity index (χ1v) is 6.57. The van der Waals surface area contributed by atoms with Gasteiger partial charge in [-0.2, -0.15) is 0 Å². The molecule has 2 unspecified atom stereocenters. The lowest BCUT2D eigenvalue weighted by atomic mass is 10.1. The fourth-order valence-corrected chi connectivity index (χ4v) is 2.54. The summed E-state index contributed by atoms with van der Waals surface area (Å²) in [5, 5.41) is 3.63. The van der Waals surface area contributed by atoms with E-state index >= 15 is 0 Å². The van der Waals surface area contributed by atoms with Gasteiger partial charge in [-0.3, -0.25) is 4.98 Å². The number of rotatable bonds is 4. The molecule has 0 aliphatic carbocycles. The van der Waals surface area contributed by atoms with Gasteiger partial charge in [0.15, 0.2) is 0 Å². The second kappa shape index (κ2) is 5.61. The molecule has 1 fully saturated rings. The van der Waals surface area contributed by atoms with E-state index < -0.39 is 0 Å². The van der Waals surface area contributed by atoms with E-state index in [0.29, 0.717) is 12.1 Å². The van der Waals surface area contributed by atoms with Gasteiger partial charge in [-0.25, -0.2) is 0 Å². The van der Waals surface area contributed by atoms with E-state index in [2.05, 4.69) is 42.2 Å². The highest BCUT2D eigenvalue weighted by molar-refractivity contribution is 5.19. The monoisotopic (exact) mass is 233 g/mol. The highest BCUT2D eigenvalue weighted by Gasteiger charge is 2.25. The molecule has 1 aromatic rings. The van der Waals surface area contributed by atoms with E-state index in [1.807, 2.05) is 12.3 Å². The predicted octanol–water partition coefficient (Wildman–Crippen LogP) is 1.83. The maximum atomic E-state index is 4.47. The van der Waals surface area contributed by atoms with E-state index in [-0.39, 0.29) is 0 Å². The lowest BCUT2D eigenvalue weighted by Crippen LogP contribution is -2.31. The first kappa shape index (κ1) is 12.5. The van der Waals surface area contributed by atoms with Gasteiger partial charge in [0.1, 0.15) is 0 Å². The van der Waals surface area contributed by atoms with Crippen LogP contribution < -0.4 is 5.32 Å². The summed E-state index contributed by atoms with van der Waals surface area (Å²) < 4.78 is 0. The first-order valence-electron chi connectivity index (χ1n) is 6.57. The Balaban J connectivity index is 1.90. The molecule has 1 N–H and O–H groups in total. The van der Waals surface area contributed by atoms with Crippen molar-refractivity contribution < 1.29 is 0 Å². The number of likely N-dealkylation sites (N-methyl/N-ethyl adjacent to an activating group) is 1. The maximum absolute atomic E-state index is 4.47. The molecule has 1 aliphatic rings. The van der Waals surface area contributed by atoms with Gasteiger partial charge in [0.2, 0.25) is 0 Å². The minimum absolute atomic E-state index is 0.613. The van der Waals surface area contributed by atoms with Gasteiger partial charge in [-0.15, -0.1) is 0 Å². The summed E-state index contributed by atoms with van der Waals surface area (Å²) in [5.74, 6) is 0. The SMILES string of the molecule is CCc1cccnc1CNC1CC(C)N(C)C1. The molecular formula is C14H23N3. The molecule has 0 spiro atoms. The van der Waals surface area contributed by atoms with Crippen molar-refractivity contribution in [2.24, 2.45) is 0 Å². The molecule has 3 heteroatoms. The van der Waals surface area contributed by atoms with Crippen LogP contribution in [0.5, 0.6) is 0 Å². The summed E-state index contributed by atoms with van der Waals surface area (Å²) in [7, 11) is 2.20. The number of hydrogen-bond acceptors (Lipinski definition) is 3. The summed E-state index contributed by atoms with van der Waals surface area (Å²) in [4.78, 5) is 6.89. The molecule has 0 saturated carbocycles. The van der Waals surface area contributed by atoms with Crippen LogP contribution in [0.2, 0.25) is 0 Å². The van der Waals surface area contributed by atoms with Crippen molar-refractivity contribution in [3.05, 3.63) is 29.6 Å². The molecule has 1 aliphatic heterocycles. The van der Waals surface area contributed by atoms with Gasteiger partial charge in [0.25, 0.3) is 0 Å². The standard InChI is InChI=1S/C14H23N3/c1-4-12-6-5-7-15-14(12)9-16-13-8-11(2)17(3)10-13/h5-7,11,13,16H,4,8-10H2,1-3H3. The molecule has 2 rings (SSSR count). The zero-order chi connectivity index (χ0) is 12.3. The lowest BCUT2D eigenvalue weighted by molar-refractivity contribution is 0.326. The zero-order valence-corrected chi connectivity index (χ0v) is 11.1. The van der Waals surface area contributed by atoms with Gasteiger partial charge >= 0.3 is 0 Å². The fraction of sp³-hybridized carbons (Fsp3) is 0.643. The summed E-state index contributed by atoms with van der Waals surface area (Å²) in [5.41, 5.74) is 2.57. The van der Waals surface area contributed by atoms with Gasteiger partial charge in [0, 0.05) is 31.4 Å². The Kier molecular flexibility index (Phi) is 4.13. The summed E-state index contributed by atoms with van der Waals surface area (Å²) in [6, 6.07) is 5.50. The normalized spacial score (nSPS) is 25.4. The van der Waals surface area contributed by atoms with Crippen molar-refractivity contribution in [3.8, 4) is 0 Å². The Labute approximate surface area is 104 Å². The van der Waals surface area contributed by atoms with Crippen molar-refractivity contribution in [3.63, 3.8) is 0 Å². The molecule has 94 valence electrons. The molecule has 3 nitrogen and oxygen atoms in total. The van der Waals surface area contributed by atoms with Crippen LogP contribution >= 0.6 is 0 Å². The fourth-order valence-electron chi connectivity index (χ4n) is 2.54. The van der Waals surface area contributed by atoms with Gasteiger partial charge in [-0.05, 0) is 38.4 Å². The second-order valence-corrected chi connectivity index (χ2v) is 5.06. The van der Waals surface area contributed by atoms with Crippen molar-refractivity contribution >= 4 is 0 Å². The first-order chi connectivity index (χ1) is 8.20. The average Bonchev–Trinajstić information content (AvgIpc) is 2.66. The largest absolute Gasteiger partial charge is 0.307 e. The van der Waals surface area contributed by atoms with Crippen LogP contribution in [0.15, 0.2) is 18.3 Å². The molecule has 1 aromatic heterocycles. The molecule has 2 heterocycles. The van der Waals surface area contributed by atoms with Crippen LogP contribution in [0.4, 0.5) is 0 Å². The van der Waals surface area contributed by atoms with Gasteiger partial charge < -0.3 is 10.2 Å². The summed E-state index contributed by atoms with van der Waals surface area (Å²) in [6.45, 7) is 6.52. The Morgan fingerprint density at radius 1 is 1.53 bits per heavy atom. The van der Waals surface area contributed by atoms with E-state index in [9.17, 15) is 0 Å². The topological polar surface area (TPSA) is 28.2 Å². The van der Waals surface area contributed by atoms with Gasteiger partial charge in [-0.1, -0.05) is 13.0 Å².